The van der Waals surface area contributed by atoms with Crippen LogP contribution in [-0.2, 0) is 6.42 Å². The molecule has 1 unspecified atom stereocenters. The fourth-order valence-electron chi connectivity index (χ4n) is 2.56. The van der Waals surface area contributed by atoms with Crippen molar-refractivity contribution in [3.8, 4) is 5.75 Å². The van der Waals surface area contributed by atoms with Crippen LogP contribution < -0.4 is 10.5 Å². The molecule has 1 aliphatic rings. The van der Waals surface area contributed by atoms with Crippen LogP contribution in [0.4, 0.5) is 0 Å². The molecule has 0 radical (unpaired) electrons. The Morgan fingerprint density at radius 3 is 2.74 bits per heavy atom. The summed E-state index contributed by atoms with van der Waals surface area (Å²) in [7, 11) is 1.67. The van der Waals surface area contributed by atoms with Gasteiger partial charge in [0.2, 0.25) is 0 Å². The number of ether oxygens (including phenoxy) is 1. The summed E-state index contributed by atoms with van der Waals surface area (Å²) in [6.45, 7) is 0.660. The van der Waals surface area contributed by atoms with Gasteiger partial charge in [0.25, 0.3) is 0 Å². The van der Waals surface area contributed by atoms with Crippen LogP contribution in [0, 0.1) is 11.3 Å². The van der Waals surface area contributed by atoms with E-state index in [0.717, 1.165) is 34.5 Å². The van der Waals surface area contributed by atoms with E-state index in [1.165, 1.54) is 12.8 Å². The highest BCUT2D eigenvalue weighted by molar-refractivity contribution is 9.10. The van der Waals surface area contributed by atoms with Crippen LogP contribution in [0.3, 0.4) is 0 Å². The molecule has 0 bridgehead atoms. The summed E-state index contributed by atoms with van der Waals surface area (Å²) in [5.41, 5.74) is 6.91. The predicted molar refractivity (Wildman–Crippen MR) is 80.3 cm³/mol. The molecule has 2 rings (SSSR count). The number of benzene rings is 1. The molecular formula is C15H22BrNO2. The number of hydrogen-bond acceptors (Lipinski definition) is 3. The smallest absolute Gasteiger partial charge is 0.119 e. The van der Waals surface area contributed by atoms with Gasteiger partial charge in [0.05, 0.1) is 13.7 Å². The van der Waals surface area contributed by atoms with E-state index in [-0.39, 0.29) is 12.0 Å². The number of aliphatic hydroxyl groups is 1. The van der Waals surface area contributed by atoms with Gasteiger partial charge < -0.3 is 15.6 Å². The predicted octanol–water partition coefficient (Wildman–Crippen LogP) is 2.74. The lowest BCUT2D eigenvalue weighted by Gasteiger charge is -2.31. The third-order valence-electron chi connectivity index (χ3n) is 4.01. The van der Waals surface area contributed by atoms with E-state index in [1.807, 2.05) is 18.2 Å². The van der Waals surface area contributed by atoms with Crippen molar-refractivity contribution in [1.82, 2.24) is 0 Å². The number of nitrogens with two attached hydrogens (primary N) is 1. The summed E-state index contributed by atoms with van der Waals surface area (Å²) in [6.07, 6.45) is 4.36. The molecule has 19 heavy (non-hydrogen) atoms. The minimum absolute atomic E-state index is 0.143. The minimum atomic E-state index is -0.198. The van der Waals surface area contributed by atoms with Gasteiger partial charge in [-0.1, -0.05) is 28.8 Å². The Morgan fingerprint density at radius 1 is 1.47 bits per heavy atom. The van der Waals surface area contributed by atoms with Crippen LogP contribution in [-0.4, -0.2) is 25.4 Å². The number of halogens is 1. The van der Waals surface area contributed by atoms with Crippen LogP contribution in [0.25, 0.3) is 0 Å². The van der Waals surface area contributed by atoms with Gasteiger partial charge in [-0.3, -0.25) is 0 Å². The molecule has 0 spiro atoms. The zero-order chi connectivity index (χ0) is 13.9. The molecule has 3 nitrogen and oxygen atoms in total. The average Bonchev–Trinajstić information content (AvgIpc) is 3.24. The van der Waals surface area contributed by atoms with Crippen molar-refractivity contribution in [1.29, 1.82) is 0 Å². The molecule has 1 atom stereocenters. The number of aliphatic hydroxyl groups excluding tert-OH is 1. The van der Waals surface area contributed by atoms with Gasteiger partial charge in [0.1, 0.15) is 5.75 Å². The maximum Gasteiger partial charge on any atom is 0.119 e. The molecule has 1 aliphatic carbocycles. The van der Waals surface area contributed by atoms with E-state index in [4.69, 9.17) is 10.5 Å². The molecule has 1 saturated carbocycles. The van der Waals surface area contributed by atoms with Gasteiger partial charge in [-0.15, -0.1) is 0 Å². The normalized spacial score (nSPS) is 18.1. The summed E-state index contributed by atoms with van der Waals surface area (Å²) >= 11 is 3.57. The maximum absolute atomic E-state index is 9.81. The van der Waals surface area contributed by atoms with Crippen LogP contribution >= 0.6 is 15.9 Å². The third kappa shape index (κ3) is 3.71. The number of rotatable bonds is 7. The van der Waals surface area contributed by atoms with E-state index in [1.54, 1.807) is 7.11 Å². The molecule has 0 aromatic heterocycles. The van der Waals surface area contributed by atoms with Gasteiger partial charge in [-0.05, 0) is 42.5 Å². The second kappa shape index (κ2) is 6.25. The van der Waals surface area contributed by atoms with E-state index in [2.05, 4.69) is 15.9 Å². The molecule has 0 amide bonds. The third-order valence-corrected chi connectivity index (χ3v) is 4.78. The molecule has 1 aromatic carbocycles. The second-order valence-electron chi connectivity index (χ2n) is 5.64. The Morgan fingerprint density at radius 2 is 2.21 bits per heavy atom. The summed E-state index contributed by atoms with van der Waals surface area (Å²) in [5.74, 6) is 1.59. The van der Waals surface area contributed by atoms with Crippen molar-refractivity contribution in [3.05, 3.63) is 28.2 Å². The molecule has 4 heteroatoms. The van der Waals surface area contributed by atoms with E-state index in [0.29, 0.717) is 6.54 Å². The summed E-state index contributed by atoms with van der Waals surface area (Å²) in [4.78, 5) is 0. The van der Waals surface area contributed by atoms with Crippen LogP contribution in [0.2, 0.25) is 0 Å². The first-order chi connectivity index (χ1) is 9.12. The van der Waals surface area contributed by atoms with Gasteiger partial charge in [0.15, 0.2) is 0 Å². The first-order valence-corrected chi connectivity index (χ1v) is 7.55. The zero-order valence-electron chi connectivity index (χ0n) is 11.4. The molecule has 3 N–H and O–H groups in total. The first-order valence-electron chi connectivity index (χ1n) is 6.76. The summed E-state index contributed by atoms with van der Waals surface area (Å²) in [5, 5.41) is 9.81. The molecule has 0 aliphatic heterocycles. The van der Waals surface area contributed by atoms with Crippen molar-refractivity contribution in [2.45, 2.75) is 25.7 Å². The maximum atomic E-state index is 9.81. The van der Waals surface area contributed by atoms with E-state index < -0.39 is 0 Å². The zero-order valence-corrected chi connectivity index (χ0v) is 12.9. The topological polar surface area (TPSA) is 55.5 Å². The van der Waals surface area contributed by atoms with Crippen molar-refractivity contribution >= 4 is 15.9 Å². The Labute approximate surface area is 123 Å². The standard InChI is InChI=1S/C15H22BrNO2/c1-19-13-4-5-14(16)12(6-13)8-15(9-17,10-18)7-11-2-3-11/h4-6,11,18H,2-3,7-10,17H2,1H3. The van der Waals surface area contributed by atoms with Crippen LogP contribution in [0.15, 0.2) is 22.7 Å². The molecule has 1 aromatic rings. The SMILES string of the molecule is COc1ccc(Br)c(CC(CN)(CO)CC2CC2)c1. The van der Waals surface area contributed by atoms with Crippen LogP contribution in [0.1, 0.15) is 24.8 Å². The van der Waals surface area contributed by atoms with Gasteiger partial charge in [0, 0.05) is 16.4 Å². The molecule has 106 valence electrons. The largest absolute Gasteiger partial charge is 0.497 e. The van der Waals surface area contributed by atoms with Crippen molar-refractivity contribution in [2.75, 3.05) is 20.3 Å². The monoisotopic (exact) mass is 327 g/mol. The number of methoxy groups -OCH3 is 1. The lowest BCUT2D eigenvalue weighted by Crippen LogP contribution is -2.37. The average molecular weight is 328 g/mol. The lowest BCUT2D eigenvalue weighted by molar-refractivity contribution is 0.115. The second-order valence-corrected chi connectivity index (χ2v) is 6.50. The number of hydrogen-bond donors (Lipinski definition) is 2. The first kappa shape index (κ1) is 14.8. The molecule has 0 saturated heterocycles. The van der Waals surface area contributed by atoms with Crippen molar-refractivity contribution < 1.29 is 9.84 Å². The van der Waals surface area contributed by atoms with E-state index >= 15 is 0 Å². The fourth-order valence-corrected chi connectivity index (χ4v) is 2.95. The van der Waals surface area contributed by atoms with Crippen molar-refractivity contribution in [2.24, 2.45) is 17.1 Å². The fraction of sp³-hybridized carbons (Fsp3) is 0.600. The Kier molecular flexibility index (Phi) is 4.87. The molecule has 0 heterocycles. The molecule has 1 fully saturated rings. The van der Waals surface area contributed by atoms with Gasteiger partial charge in [-0.2, -0.15) is 0 Å². The van der Waals surface area contributed by atoms with Crippen molar-refractivity contribution in [3.63, 3.8) is 0 Å². The highest BCUT2D eigenvalue weighted by atomic mass is 79.9. The highest BCUT2D eigenvalue weighted by Gasteiger charge is 2.36. The lowest BCUT2D eigenvalue weighted by atomic mass is 9.78. The summed E-state index contributed by atoms with van der Waals surface area (Å²) < 4.78 is 6.32. The molecular weight excluding hydrogens is 306 g/mol. The van der Waals surface area contributed by atoms with Crippen LogP contribution in [0.5, 0.6) is 5.75 Å². The van der Waals surface area contributed by atoms with Gasteiger partial charge in [-0.25, -0.2) is 0 Å². The van der Waals surface area contributed by atoms with Gasteiger partial charge >= 0.3 is 0 Å². The Hall–Kier alpha value is -0.580. The Balaban J connectivity index is 2.19. The summed E-state index contributed by atoms with van der Waals surface area (Å²) in [6, 6.07) is 5.94. The Bertz CT molecular complexity index is 428. The highest BCUT2D eigenvalue weighted by Crippen LogP contribution is 2.42. The minimum Gasteiger partial charge on any atom is -0.497 e. The quantitative estimate of drug-likeness (QED) is 0.809. The van der Waals surface area contributed by atoms with E-state index in [9.17, 15) is 5.11 Å².